The molecule has 2 aromatic carbocycles. The van der Waals surface area contributed by atoms with E-state index in [1.165, 1.54) is 12.1 Å². The number of H-pyrrole nitrogens is 1. The molecule has 2 N–H and O–H groups in total. The van der Waals surface area contributed by atoms with Gasteiger partial charge < -0.3 is 10.1 Å². The van der Waals surface area contributed by atoms with Crippen LogP contribution >= 0.6 is 0 Å². The van der Waals surface area contributed by atoms with Crippen LogP contribution in [0.1, 0.15) is 60.3 Å². The standard InChI is InChI=1S/C27H33FN6O2/c1-4-6-24(26-30-31-32-34(26)16-20-7-9-23(28)10-8-20)33(11-5-12-35)17-22-15-21-14-18(2)13-19(3)25(21)29-27(22)36/h7-10,13-15,24,35H,4-6,11-12,16-17H2,1-3H3,(H,29,36). The summed E-state index contributed by atoms with van der Waals surface area (Å²) < 4.78 is 15.1. The number of aromatic nitrogens is 5. The van der Waals surface area contributed by atoms with Crippen molar-refractivity contribution in [2.45, 2.75) is 59.2 Å². The van der Waals surface area contributed by atoms with Gasteiger partial charge in [-0.25, -0.2) is 9.07 Å². The number of aryl methyl sites for hydroxylation is 2. The lowest BCUT2D eigenvalue weighted by Gasteiger charge is -2.30. The van der Waals surface area contributed by atoms with E-state index < -0.39 is 0 Å². The van der Waals surface area contributed by atoms with Crippen molar-refractivity contribution in [2.24, 2.45) is 0 Å². The largest absolute Gasteiger partial charge is 0.396 e. The molecule has 2 heterocycles. The molecule has 0 spiro atoms. The van der Waals surface area contributed by atoms with Crippen molar-refractivity contribution in [2.75, 3.05) is 13.2 Å². The number of aromatic amines is 1. The van der Waals surface area contributed by atoms with Gasteiger partial charge in [0.15, 0.2) is 5.82 Å². The molecule has 2 aromatic heterocycles. The fourth-order valence-corrected chi connectivity index (χ4v) is 4.76. The molecule has 9 heteroatoms. The molecule has 0 fully saturated rings. The summed E-state index contributed by atoms with van der Waals surface area (Å²) in [5, 5.41) is 23.1. The second kappa shape index (κ2) is 11.5. The molecule has 4 aromatic rings. The molecular weight excluding hydrogens is 459 g/mol. The van der Waals surface area contributed by atoms with E-state index in [9.17, 15) is 14.3 Å². The van der Waals surface area contributed by atoms with E-state index in [1.807, 2.05) is 19.9 Å². The highest BCUT2D eigenvalue weighted by Crippen LogP contribution is 2.27. The molecule has 0 saturated heterocycles. The molecule has 4 rings (SSSR count). The van der Waals surface area contributed by atoms with E-state index in [-0.39, 0.29) is 24.0 Å². The van der Waals surface area contributed by atoms with Gasteiger partial charge in [-0.15, -0.1) is 5.10 Å². The van der Waals surface area contributed by atoms with E-state index in [1.54, 1.807) is 16.8 Å². The number of hydrogen-bond donors (Lipinski definition) is 2. The normalized spacial score (nSPS) is 12.5. The number of tetrazole rings is 1. The lowest BCUT2D eigenvalue weighted by Crippen LogP contribution is -2.34. The van der Waals surface area contributed by atoms with Crippen LogP contribution in [0.5, 0.6) is 0 Å². The SMILES string of the molecule is CCCC(c1nnnn1Cc1ccc(F)cc1)N(CCCO)Cc1cc2cc(C)cc(C)c2[nH]c1=O. The van der Waals surface area contributed by atoms with E-state index in [2.05, 4.69) is 44.5 Å². The fourth-order valence-electron chi connectivity index (χ4n) is 4.76. The smallest absolute Gasteiger partial charge is 0.252 e. The number of hydrogen-bond acceptors (Lipinski definition) is 6. The number of halogens is 1. The molecule has 0 bridgehead atoms. The second-order valence-corrected chi connectivity index (χ2v) is 9.34. The molecular formula is C27H33FN6O2. The van der Waals surface area contributed by atoms with E-state index in [0.29, 0.717) is 37.4 Å². The fraction of sp³-hybridized carbons (Fsp3) is 0.407. The Bertz CT molecular complexity index is 1370. The van der Waals surface area contributed by atoms with Crippen molar-refractivity contribution in [3.8, 4) is 0 Å². The van der Waals surface area contributed by atoms with E-state index in [0.717, 1.165) is 40.4 Å². The summed E-state index contributed by atoms with van der Waals surface area (Å²) in [6.45, 7) is 7.56. The van der Waals surface area contributed by atoms with Gasteiger partial charge in [-0.2, -0.15) is 0 Å². The minimum Gasteiger partial charge on any atom is -0.396 e. The monoisotopic (exact) mass is 492 g/mol. The predicted molar refractivity (Wildman–Crippen MR) is 137 cm³/mol. The Hall–Kier alpha value is -3.43. The molecule has 36 heavy (non-hydrogen) atoms. The molecule has 1 unspecified atom stereocenters. The maximum absolute atomic E-state index is 13.4. The third kappa shape index (κ3) is 5.85. The number of nitrogens with zero attached hydrogens (tertiary/aromatic N) is 5. The Kier molecular flexibility index (Phi) is 8.22. The first-order valence-corrected chi connectivity index (χ1v) is 12.4. The number of rotatable bonds is 11. The van der Waals surface area contributed by atoms with Crippen LogP contribution in [-0.2, 0) is 13.1 Å². The summed E-state index contributed by atoms with van der Waals surface area (Å²) in [7, 11) is 0. The van der Waals surface area contributed by atoms with Crippen molar-refractivity contribution in [3.05, 3.63) is 86.7 Å². The van der Waals surface area contributed by atoms with Gasteiger partial charge in [0, 0.05) is 25.3 Å². The first kappa shape index (κ1) is 25.7. The summed E-state index contributed by atoms with van der Waals surface area (Å²) >= 11 is 0. The summed E-state index contributed by atoms with van der Waals surface area (Å²) in [6, 6.07) is 12.2. The lowest BCUT2D eigenvalue weighted by molar-refractivity contribution is 0.148. The third-order valence-electron chi connectivity index (χ3n) is 6.45. The van der Waals surface area contributed by atoms with Crippen LogP contribution in [0.2, 0.25) is 0 Å². The van der Waals surface area contributed by atoms with E-state index in [4.69, 9.17) is 0 Å². The van der Waals surface area contributed by atoms with Crippen molar-refractivity contribution >= 4 is 10.9 Å². The Morgan fingerprint density at radius 1 is 1.17 bits per heavy atom. The van der Waals surface area contributed by atoms with Gasteiger partial charge in [0.1, 0.15) is 5.82 Å². The highest BCUT2D eigenvalue weighted by atomic mass is 19.1. The maximum atomic E-state index is 13.4. The summed E-state index contributed by atoms with van der Waals surface area (Å²) in [5.74, 6) is 0.392. The molecule has 8 nitrogen and oxygen atoms in total. The Balaban J connectivity index is 1.69. The molecule has 0 saturated carbocycles. The zero-order valence-corrected chi connectivity index (χ0v) is 21.0. The average molecular weight is 493 g/mol. The average Bonchev–Trinajstić information content (AvgIpc) is 3.30. The van der Waals surface area contributed by atoms with Gasteiger partial charge in [0.2, 0.25) is 0 Å². The van der Waals surface area contributed by atoms with Gasteiger partial charge in [-0.05, 0) is 77.9 Å². The third-order valence-corrected chi connectivity index (χ3v) is 6.45. The van der Waals surface area contributed by atoms with Crippen LogP contribution in [0, 0.1) is 19.7 Å². The van der Waals surface area contributed by atoms with Crippen LogP contribution < -0.4 is 5.56 Å². The first-order chi connectivity index (χ1) is 17.4. The maximum Gasteiger partial charge on any atom is 0.252 e. The summed E-state index contributed by atoms with van der Waals surface area (Å²) in [6.07, 6.45) is 2.22. The molecule has 0 aliphatic carbocycles. The first-order valence-electron chi connectivity index (χ1n) is 12.4. The number of aliphatic hydroxyl groups excluding tert-OH is 1. The van der Waals surface area contributed by atoms with Crippen LogP contribution in [0.3, 0.4) is 0 Å². The highest BCUT2D eigenvalue weighted by molar-refractivity contribution is 5.82. The van der Waals surface area contributed by atoms with Gasteiger partial charge in [0.25, 0.3) is 5.56 Å². The molecule has 190 valence electrons. The van der Waals surface area contributed by atoms with Gasteiger partial charge >= 0.3 is 0 Å². The lowest BCUT2D eigenvalue weighted by atomic mass is 10.0. The van der Waals surface area contributed by atoms with Crippen LogP contribution in [0.25, 0.3) is 10.9 Å². The Morgan fingerprint density at radius 2 is 1.94 bits per heavy atom. The molecule has 0 aliphatic rings. The summed E-state index contributed by atoms with van der Waals surface area (Å²) in [5.41, 5.74) is 4.45. The zero-order chi connectivity index (χ0) is 25.7. The highest BCUT2D eigenvalue weighted by Gasteiger charge is 2.26. The Morgan fingerprint density at radius 3 is 2.67 bits per heavy atom. The van der Waals surface area contributed by atoms with Crippen LogP contribution in [0.4, 0.5) is 4.39 Å². The van der Waals surface area contributed by atoms with Crippen molar-refractivity contribution < 1.29 is 9.50 Å². The van der Waals surface area contributed by atoms with Crippen molar-refractivity contribution in [1.82, 2.24) is 30.1 Å². The van der Waals surface area contributed by atoms with Crippen molar-refractivity contribution in [1.29, 1.82) is 0 Å². The molecule has 0 radical (unpaired) electrons. The molecule has 0 aliphatic heterocycles. The van der Waals surface area contributed by atoms with Crippen LogP contribution in [0.15, 0.2) is 47.3 Å². The van der Waals surface area contributed by atoms with Crippen molar-refractivity contribution in [3.63, 3.8) is 0 Å². The number of pyridine rings is 1. The van der Waals surface area contributed by atoms with Gasteiger partial charge in [0.05, 0.1) is 18.1 Å². The molecule has 1 atom stereocenters. The zero-order valence-electron chi connectivity index (χ0n) is 21.0. The number of fused-ring (bicyclic) bond motifs is 1. The minimum atomic E-state index is -0.291. The van der Waals surface area contributed by atoms with E-state index >= 15 is 0 Å². The second-order valence-electron chi connectivity index (χ2n) is 9.34. The number of nitrogens with one attached hydrogen (secondary N) is 1. The van der Waals surface area contributed by atoms with Crippen LogP contribution in [-0.4, -0.2) is 48.3 Å². The quantitative estimate of drug-likeness (QED) is 0.328. The number of benzene rings is 2. The minimum absolute atomic E-state index is 0.0440. The molecule has 0 amide bonds. The summed E-state index contributed by atoms with van der Waals surface area (Å²) in [4.78, 5) is 18.3. The predicted octanol–water partition coefficient (Wildman–Crippen LogP) is 4.04. The van der Waals surface area contributed by atoms with Gasteiger partial charge in [-0.1, -0.05) is 37.1 Å². The number of aliphatic hydroxyl groups is 1. The topological polar surface area (TPSA) is 99.9 Å². The van der Waals surface area contributed by atoms with Gasteiger partial charge in [-0.3, -0.25) is 9.69 Å². The Labute approximate surface area is 209 Å².